The lowest BCUT2D eigenvalue weighted by Crippen LogP contribution is -2.50. The molecule has 0 heterocycles. The van der Waals surface area contributed by atoms with Gasteiger partial charge in [-0.15, -0.1) is 0 Å². The molecule has 0 unspecified atom stereocenters. The molecule has 0 N–H and O–H groups in total. The Morgan fingerprint density at radius 1 is 1.00 bits per heavy atom. The smallest absolute Gasteiger partial charge is 0.0612 e. The molecule has 0 aromatic heterocycles. The average Bonchev–Trinajstić information content (AvgIpc) is 3.15. The lowest BCUT2D eigenvalue weighted by atomic mass is 9.47. The lowest BCUT2D eigenvalue weighted by molar-refractivity contribution is -0.0612. The van der Waals surface area contributed by atoms with E-state index in [9.17, 15) is 0 Å². The highest BCUT2D eigenvalue weighted by molar-refractivity contribution is 5.25. The van der Waals surface area contributed by atoms with Crippen LogP contribution in [-0.2, 0) is 4.74 Å². The van der Waals surface area contributed by atoms with Crippen LogP contribution in [0, 0.1) is 52.3 Å². The van der Waals surface area contributed by atoms with Gasteiger partial charge < -0.3 is 4.74 Å². The van der Waals surface area contributed by atoms with E-state index < -0.39 is 0 Å². The molecule has 1 nitrogen and oxygen atoms in total. The Morgan fingerprint density at radius 3 is 2.48 bits per heavy atom. The van der Waals surface area contributed by atoms with Gasteiger partial charge in [0.1, 0.15) is 0 Å². The Morgan fingerprint density at radius 2 is 1.79 bits per heavy atom. The van der Waals surface area contributed by atoms with Crippen LogP contribution in [0.25, 0.3) is 0 Å². The number of allylic oxidation sites excluding steroid dienone is 3. The quantitative estimate of drug-likeness (QED) is 0.332. The van der Waals surface area contributed by atoms with E-state index in [1.807, 2.05) is 0 Å². The zero-order valence-corrected chi connectivity index (χ0v) is 23.0. The molecule has 0 aromatic carbocycles. The molecule has 9 atom stereocenters. The minimum absolute atomic E-state index is 0.450. The molecule has 3 saturated carbocycles. The Balaban J connectivity index is 1.48. The fraction of sp³-hybridized carbons (Fsp3) is 0.875. The zero-order valence-electron chi connectivity index (χ0n) is 23.0. The predicted molar refractivity (Wildman–Crippen MR) is 142 cm³/mol. The lowest BCUT2D eigenvalue weighted by Gasteiger charge is -2.58. The summed E-state index contributed by atoms with van der Waals surface area (Å²) in [5.41, 5.74) is 2.77. The van der Waals surface area contributed by atoms with Crippen LogP contribution in [0.1, 0.15) is 113 Å². The zero-order chi connectivity index (χ0) is 23.8. The summed E-state index contributed by atoms with van der Waals surface area (Å²) in [4.78, 5) is 0. The Bertz CT molecular complexity index is 718. The van der Waals surface area contributed by atoms with Gasteiger partial charge in [0, 0.05) is 6.61 Å². The van der Waals surface area contributed by atoms with E-state index in [1.54, 1.807) is 5.57 Å². The summed E-state index contributed by atoms with van der Waals surface area (Å²) in [6, 6.07) is 0. The summed E-state index contributed by atoms with van der Waals surface area (Å²) >= 11 is 0. The van der Waals surface area contributed by atoms with Crippen molar-refractivity contribution >= 4 is 0 Å². The molecule has 4 aliphatic carbocycles. The van der Waals surface area contributed by atoms with Crippen molar-refractivity contribution in [2.24, 2.45) is 52.3 Å². The number of ether oxygens (including phenoxy) is 1. The molecule has 188 valence electrons. The summed E-state index contributed by atoms with van der Waals surface area (Å²) in [5.74, 6) is 5.87. The number of fused-ring (bicyclic) bond motifs is 5. The van der Waals surface area contributed by atoms with E-state index in [-0.39, 0.29) is 0 Å². The minimum Gasteiger partial charge on any atom is -0.378 e. The van der Waals surface area contributed by atoms with Crippen molar-refractivity contribution in [2.75, 3.05) is 6.61 Å². The third kappa shape index (κ3) is 4.66. The van der Waals surface area contributed by atoms with Gasteiger partial charge in [-0.05, 0) is 116 Å². The van der Waals surface area contributed by atoms with Crippen molar-refractivity contribution in [2.45, 2.75) is 119 Å². The topological polar surface area (TPSA) is 9.23 Å². The van der Waals surface area contributed by atoms with Gasteiger partial charge >= 0.3 is 0 Å². The van der Waals surface area contributed by atoms with E-state index in [4.69, 9.17) is 4.74 Å². The van der Waals surface area contributed by atoms with E-state index in [0.717, 1.165) is 54.5 Å². The summed E-state index contributed by atoms with van der Waals surface area (Å²) in [6.07, 6.45) is 21.8. The van der Waals surface area contributed by atoms with Gasteiger partial charge in [0.2, 0.25) is 0 Å². The van der Waals surface area contributed by atoms with E-state index >= 15 is 0 Å². The van der Waals surface area contributed by atoms with Gasteiger partial charge in [-0.2, -0.15) is 0 Å². The van der Waals surface area contributed by atoms with Crippen LogP contribution in [0.3, 0.4) is 0 Å². The molecule has 4 rings (SSSR count). The maximum atomic E-state index is 6.20. The molecule has 0 aromatic rings. The molecule has 3 fully saturated rings. The van der Waals surface area contributed by atoms with Crippen LogP contribution in [0.2, 0.25) is 0 Å². The molecule has 0 radical (unpaired) electrons. The van der Waals surface area contributed by atoms with Crippen LogP contribution in [-0.4, -0.2) is 12.7 Å². The molecule has 0 spiro atoms. The summed E-state index contributed by atoms with van der Waals surface area (Å²) in [5, 5.41) is 0. The molecule has 0 bridgehead atoms. The van der Waals surface area contributed by atoms with Crippen LogP contribution >= 0.6 is 0 Å². The van der Waals surface area contributed by atoms with Crippen LogP contribution in [0.5, 0.6) is 0 Å². The van der Waals surface area contributed by atoms with Gasteiger partial charge in [0.15, 0.2) is 0 Å². The monoisotopic (exact) mass is 454 g/mol. The molecular weight excluding hydrogens is 400 g/mol. The van der Waals surface area contributed by atoms with Crippen molar-refractivity contribution in [3.8, 4) is 0 Å². The number of rotatable bonds is 8. The van der Waals surface area contributed by atoms with Crippen LogP contribution in [0.15, 0.2) is 23.8 Å². The maximum absolute atomic E-state index is 6.20. The van der Waals surface area contributed by atoms with E-state index in [0.29, 0.717) is 16.9 Å². The van der Waals surface area contributed by atoms with Gasteiger partial charge in [-0.3, -0.25) is 0 Å². The Kier molecular flexibility index (Phi) is 7.89. The van der Waals surface area contributed by atoms with Gasteiger partial charge in [-0.1, -0.05) is 72.3 Å². The van der Waals surface area contributed by atoms with E-state index in [2.05, 4.69) is 66.7 Å². The Labute approximate surface area is 206 Å². The Hall–Kier alpha value is -0.560. The minimum atomic E-state index is 0.450. The van der Waals surface area contributed by atoms with Gasteiger partial charge in [0.05, 0.1) is 6.10 Å². The highest BCUT2D eigenvalue weighted by Gasteiger charge is 2.59. The van der Waals surface area contributed by atoms with Crippen molar-refractivity contribution in [1.82, 2.24) is 0 Å². The second-order valence-corrected chi connectivity index (χ2v) is 13.3. The van der Waals surface area contributed by atoms with Crippen molar-refractivity contribution in [3.63, 3.8) is 0 Å². The van der Waals surface area contributed by atoms with E-state index in [1.165, 1.54) is 57.8 Å². The second kappa shape index (κ2) is 10.2. The van der Waals surface area contributed by atoms with Crippen LogP contribution < -0.4 is 0 Å². The molecular formula is C32H54O. The average molecular weight is 455 g/mol. The molecule has 0 amide bonds. The third-order valence-electron chi connectivity index (χ3n) is 11.3. The van der Waals surface area contributed by atoms with Crippen LogP contribution in [0.4, 0.5) is 0 Å². The third-order valence-corrected chi connectivity index (χ3v) is 11.3. The molecule has 1 heteroatoms. The number of hydrogen-bond donors (Lipinski definition) is 0. The number of hydrogen-bond acceptors (Lipinski definition) is 1. The SMILES string of the molecule is CCCO[C@@H]1CC[C@@]2(C)C(=CC[C@H]3[C@@H]4CC[C@H]([C@@H](C)/C=C/[C@@H](CC)C(C)C)[C@@]4(C)CC[C@@H]32)C1. The molecule has 0 aliphatic heterocycles. The second-order valence-electron chi connectivity index (χ2n) is 13.3. The summed E-state index contributed by atoms with van der Waals surface area (Å²) in [6.45, 7) is 18.2. The molecule has 33 heavy (non-hydrogen) atoms. The molecule has 4 aliphatic rings. The first-order valence-corrected chi connectivity index (χ1v) is 14.7. The van der Waals surface area contributed by atoms with Gasteiger partial charge in [0.25, 0.3) is 0 Å². The fourth-order valence-corrected chi connectivity index (χ4v) is 9.24. The fourth-order valence-electron chi connectivity index (χ4n) is 9.24. The standard InChI is InChI=1S/C32H54O/c1-8-20-33-26-16-18-31(6)25(21-26)12-13-27-29-15-14-28(32(29,7)19-17-30(27)31)23(5)10-11-24(9-2)22(3)4/h10-12,22-24,26-30H,8-9,13-21H2,1-7H3/b11-10+/t23-,24+,26+,27-,28+,29-,30-,31-,32+/m0/s1. The maximum Gasteiger partial charge on any atom is 0.0612 e. The largest absolute Gasteiger partial charge is 0.378 e. The highest BCUT2D eigenvalue weighted by atomic mass is 16.5. The normalized spacial score (nSPS) is 42.5. The molecule has 0 saturated heterocycles. The summed E-state index contributed by atoms with van der Waals surface area (Å²) < 4.78 is 6.20. The first-order valence-electron chi connectivity index (χ1n) is 14.7. The van der Waals surface area contributed by atoms with Crippen molar-refractivity contribution in [3.05, 3.63) is 23.8 Å². The highest BCUT2D eigenvalue weighted by Crippen LogP contribution is 2.67. The summed E-state index contributed by atoms with van der Waals surface area (Å²) in [7, 11) is 0. The van der Waals surface area contributed by atoms with Crippen molar-refractivity contribution < 1.29 is 4.74 Å². The van der Waals surface area contributed by atoms with Crippen molar-refractivity contribution in [1.29, 1.82) is 0 Å². The first-order chi connectivity index (χ1) is 15.7. The first kappa shape index (κ1) is 25.5. The van der Waals surface area contributed by atoms with Gasteiger partial charge in [-0.25, -0.2) is 0 Å². The predicted octanol–water partition coefficient (Wildman–Crippen LogP) is 9.24.